The Hall–Kier alpha value is -2.29. The molecule has 1 amide bonds. The van der Waals surface area contributed by atoms with Crippen LogP contribution in [0.25, 0.3) is 10.2 Å². The van der Waals surface area contributed by atoms with Gasteiger partial charge in [0.2, 0.25) is 0 Å². The molecule has 0 spiro atoms. The van der Waals surface area contributed by atoms with Crippen molar-refractivity contribution < 1.29 is 18.1 Å². The number of anilines is 1. The summed E-state index contributed by atoms with van der Waals surface area (Å²) in [6, 6.07) is 14.0. The van der Waals surface area contributed by atoms with Gasteiger partial charge in [0.15, 0.2) is 15.0 Å². The van der Waals surface area contributed by atoms with Crippen molar-refractivity contribution in [1.82, 2.24) is 4.98 Å². The van der Waals surface area contributed by atoms with Gasteiger partial charge in [0, 0.05) is 24.8 Å². The fraction of sp³-hybridized carbons (Fsp3) is 0.300. The molecular formula is C20H24N3O3S2+. The minimum Gasteiger partial charge on any atom is -0.340 e. The van der Waals surface area contributed by atoms with Crippen molar-refractivity contribution in [3.63, 3.8) is 0 Å². The van der Waals surface area contributed by atoms with E-state index in [0.717, 1.165) is 29.4 Å². The SMILES string of the molecule is C[NH+](C)CCCN(C(=O)c1cccc(S(C)(=O)=O)c1)c1nc2ccccc2s1. The molecule has 8 heteroatoms. The van der Waals surface area contributed by atoms with Gasteiger partial charge in [0.05, 0.1) is 35.8 Å². The van der Waals surface area contributed by atoms with E-state index in [4.69, 9.17) is 0 Å². The summed E-state index contributed by atoms with van der Waals surface area (Å²) in [6.07, 6.45) is 1.96. The lowest BCUT2D eigenvalue weighted by molar-refractivity contribution is -0.858. The fourth-order valence-electron chi connectivity index (χ4n) is 2.87. The lowest BCUT2D eigenvalue weighted by Crippen LogP contribution is -3.05. The smallest absolute Gasteiger partial charge is 0.260 e. The minimum absolute atomic E-state index is 0.139. The van der Waals surface area contributed by atoms with Crippen molar-refractivity contribution in [2.75, 3.05) is 38.3 Å². The van der Waals surface area contributed by atoms with Crippen LogP contribution in [0.4, 0.5) is 5.13 Å². The summed E-state index contributed by atoms with van der Waals surface area (Å²) in [4.78, 5) is 21.0. The van der Waals surface area contributed by atoms with Crippen molar-refractivity contribution in [2.45, 2.75) is 11.3 Å². The van der Waals surface area contributed by atoms with E-state index in [-0.39, 0.29) is 10.8 Å². The Morgan fingerprint density at radius 3 is 2.57 bits per heavy atom. The second-order valence-corrected chi connectivity index (χ2v) is 10.1. The number of aromatic nitrogens is 1. The number of para-hydroxylation sites is 1. The Morgan fingerprint density at radius 1 is 1.14 bits per heavy atom. The molecule has 0 radical (unpaired) electrons. The van der Waals surface area contributed by atoms with E-state index in [1.165, 1.54) is 28.4 Å². The van der Waals surface area contributed by atoms with Crippen LogP contribution >= 0.6 is 11.3 Å². The second-order valence-electron chi connectivity index (χ2n) is 7.03. The summed E-state index contributed by atoms with van der Waals surface area (Å²) in [5.41, 5.74) is 1.20. The summed E-state index contributed by atoms with van der Waals surface area (Å²) in [5.74, 6) is -0.238. The van der Waals surface area contributed by atoms with Gasteiger partial charge in [-0.05, 0) is 30.3 Å². The third-order valence-corrected chi connectivity index (χ3v) is 6.50. The van der Waals surface area contributed by atoms with E-state index in [9.17, 15) is 13.2 Å². The number of quaternary nitrogens is 1. The maximum absolute atomic E-state index is 13.3. The van der Waals surface area contributed by atoms with Crippen LogP contribution in [0.3, 0.4) is 0 Å². The molecule has 148 valence electrons. The maximum atomic E-state index is 13.3. The number of sulfone groups is 1. The topological polar surface area (TPSA) is 71.8 Å². The predicted octanol–water partition coefficient (Wildman–Crippen LogP) is 1.88. The summed E-state index contributed by atoms with van der Waals surface area (Å²) in [5, 5.41) is 0.629. The molecule has 0 saturated carbocycles. The lowest BCUT2D eigenvalue weighted by atomic mass is 10.2. The molecule has 3 aromatic rings. The standard InChI is InChI=1S/C20H23N3O3S2/c1-22(2)12-7-13-23(20-21-17-10-4-5-11-18(17)27-20)19(24)15-8-6-9-16(14-15)28(3,25)26/h4-6,8-11,14H,7,12-13H2,1-3H3/p+1. The molecule has 0 aliphatic carbocycles. The number of nitrogens with one attached hydrogen (secondary N) is 1. The number of fused-ring (bicyclic) bond motifs is 1. The van der Waals surface area contributed by atoms with E-state index in [0.29, 0.717) is 17.2 Å². The van der Waals surface area contributed by atoms with Gasteiger partial charge in [0.25, 0.3) is 5.91 Å². The lowest BCUT2D eigenvalue weighted by Gasteiger charge is -2.20. The van der Waals surface area contributed by atoms with Crippen LogP contribution in [0.1, 0.15) is 16.8 Å². The molecule has 0 unspecified atom stereocenters. The van der Waals surface area contributed by atoms with Crippen LogP contribution in [0.5, 0.6) is 0 Å². The van der Waals surface area contributed by atoms with Gasteiger partial charge in [0.1, 0.15) is 0 Å². The highest BCUT2D eigenvalue weighted by molar-refractivity contribution is 7.90. The quantitative estimate of drug-likeness (QED) is 0.636. The van der Waals surface area contributed by atoms with E-state index in [1.54, 1.807) is 17.0 Å². The molecule has 0 aliphatic heterocycles. The van der Waals surface area contributed by atoms with Gasteiger partial charge < -0.3 is 4.90 Å². The van der Waals surface area contributed by atoms with Crippen LogP contribution in [-0.4, -0.2) is 52.7 Å². The molecular weight excluding hydrogens is 394 g/mol. The number of carbonyl (C=O) groups excluding carboxylic acids is 1. The first-order valence-corrected chi connectivity index (χ1v) is 11.7. The fourth-order valence-corrected chi connectivity index (χ4v) is 4.52. The van der Waals surface area contributed by atoms with Gasteiger partial charge in [-0.3, -0.25) is 9.69 Å². The van der Waals surface area contributed by atoms with Crippen molar-refractivity contribution in [2.24, 2.45) is 0 Å². The molecule has 0 aliphatic rings. The molecule has 1 aromatic heterocycles. The monoisotopic (exact) mass is 418 g/mol. The first-order chi connectivity index (χ1) is 13.3. The number of rotatable bonds is 7. The molecule has 1 N–H and O–H groups in total. The predicted molar refractivity (Wildman–Crippen MR) is 113 cm³/mol. The van der Waals surface area contributed by atoms with E-state index in [2.05, 4.69) is 19.1 Å². The minimum atomic E-state index is -3.38. The molecule has 2 aromatic carbocycles. The average molecular weight is 419 g/mol. The molecule has 3 rings (SSSR count). The zero-order valence-electron chi connectivity index (χ0n) is 16.2. The molecule has 1 heterocycles. The van der Waals surface area contributed by atoms with Crippen molar-refractivity contribution in [3.8, 4) is 0 Å². The van der Waals surface area contributed by atoms with Gasteiger partial charge in [-0.25, -0.2) is 13.4 Å². The highest BCUT2D eigenvalue weighted by atomic mass is 32.2. The zero-order chi connectivity index (χ0) is 20.3. The third kappa shape index (κ3) is 4.76. The Balaban J connectivity index is 1.97. The number of hydrogen-bond donors (Lipinski definition) is 1. The van der Waals surface area contributed by atoms with Crippen molar-refractivity contribution in [3.05, 3.63) is 54.1 Å². The molecule has 0 bridgehead atoms. The number of amides is 1. The largest absolute Gasteiger partial charge is 0.340 e. The summed E-state index contributed by atoms with van der Waals surface area (Å²) in [6.45, 7) is 1.44. The first-order valence-electron chi connectivity index (χ1n) is 9.02. The van der Waals surface area contributed by atoms with Crippen LogP contribution in [0.15, 0.2) is 53.4 Å². The summed E-state index contributed by atoms with van der Waals surface area (Å²) in [7, 11) is 0.753. The summed E-state index contributed by atoms with van der Waals surface area (Å²) >= 11 is 1.47. The zero-order valence-corrected chi connectivity index (χ0v) is 17.8. The Morgan fingerprint density at radius 2 is 1.89 bits per heavy atom. The van der Waals surface area contributed by atoms with Crippen LogP contribution in [-0.2, 0) is 9.84 Å². The Bertz CT molecular complexity index is 1060. The van der Waals surface area contributed by atoms with Gasteiger partial charge in [-0.1, -0.05) is 29.5 Å². The molecule has 0 saturated heterocycles. The van der Waals surface area contributed by atoms with Gasteiger partial charge in [-0.2, -0.15) is 0 Å². The van der Waals surface area contributed by atoms with Gasteiger partial charge >= 0.3 is 0 Å². The Kier molecular flexibility index (Phi) is 6.12. The van der Waals surface area contributed by atoms with E-state index in [1.807, 2.05) is 24.3 Å². The van der Waals surface area contributed by atoms with Crippen LogP contribution < -0.4 is 9.80 Å². The number of thiazole rings is 1. The van der Waals surface area contributed by atoms with Gasteiger partial charge in [-0.15, -0.1) is 0 Å². The summed E-state index contributed by atoms with van der Waals surface area (Å²) < 4.78 is 24.8. The Labute approximate surface area is 169 Å². The van der Waals surface area contributed by atoms with Crippen LogP contribution in [0.2, 0.25) is 0 Å². The number of nitrogens with zero attached hydrogens (tertiary/aromatic N) is 2. The van der Waals surface area contributed by atoms with E-state index >= 15 is 0 Å². The molecule has 6 nitrogen and oxygen atoms in total. The normalized spacial score (nSPS) is 11.9. The first kappa shape index (κ1) is 20.4. The van der Waals surface area contributed by atoms with Crippen molar-refractivity contribution >= 4 is 42.4 Å². The van der Waals surface area contributed by atoms with Crippen molar-refractivity contribution in [1.29, 1.82) is 0 Å². The molecule has 0 fully saturated rings. The highest BCUT2D eigenvalue weighted by Gasteiger charge is 2.22. The highest BCUT2D eigenvalue weighted by Crippen LogP contribution is 2.30. The molecule has 28 heavy (non-hydrogen) atoms. The number of benzene rings is 2. The number of hydrogen-bond acceptors (Lipinski definition) is 5. The molecule has 0 atom stereocenters. The average Bonchev–Trinajstić information content (AvgIpc) is 3.07. The second kappa shape index (κ2) is 8.38. The van der Waals surface area contributed by atoms with Crippen LogP contribution in [0, 0.1) is 0 Å². The maximum Gasteiger partial charge on any atom is 0.260 e. The van der Waals surface area contributed by atoms with E-state index < -0.39 is 9.84 Å². The number of carbonyl (C=O) groups is 1. The third-order valence-electron chi connectivity index (χ3n) is 4.33.